The van der Waals surface area contributed by atoms with Crippen molar-refractivity contribution in [3.63, 3.8) is 0 Å². The summed E-state index contributed by atoms with van der Waals surface area (Å²) in [4.78, 5) is 96.7. The summed E-state index contributed by atoms with van der Waals surface area (Å²) in [6, 6.07) is 7.45. The number of aryl methyl sites for hydroxylation is 1. The zero-order valence-electron chi connectivity index (χ0n) is 44.2. The number of carboxylic acids is 2. The molecule has 0 saturated carbocycles. The fourth-order valence-corrected chi connectivity index (χ4v) is 10.7. The predicted molar refractivity (Wildman–Crippen MR) is 274 cm³/mol. The molecule has 0 unspecified atom stereocenters. The highest BCUT2D eigenvalue weighted by atomic mass is 32.3. The number of aromatic nitrogens is 2. The molecule has 4 aromatic rings. The van der Waals surface area contributed by atoms with Crippen LogP contribution in [0.5, 0.6) is 17.2 Å². The Labute approximate surface area is 465 Å². The number of carboxylic acid groups (broad SMARTS) is 2. The van der Waals surface area contributed by atoms with Crippen molar-refractivity contribution in [2.75, 3.05) is 27.2 Å². The minimum absolute atomic E-state index is 0.0130. The molecule has 82 heavy (non-hydrogen) atoms. The second-order valence-electron chi connectivity index (χ2n) is 20.0. The maximum Gasteiger partial charge on any atom is 0.501 e. The van der Waals surface area contributed by atoms with Crippen molar-refractivity contribution < 1.29 is 110 Å². The highest BCUT2D eigenvalue weighted by Gasteiger charge is 2.50. The van der Waals surface area contributed by atoms with E-state index < -0.39 is 136 Å². The number of nitrogens with zero attached hydrogens (tertiary/aromatic N) is 4. The van der Waals surface area contributed by atoms with Crippen LogP contribution in [0.3, 0.4) is 0 Å². The van der Waals surface area contributed by atoms with Crippen LogP contribution >= 0.6 is 0 Å². The number of cyclic esters (lactones) is 1. The van der Waals surface area contributed by atoms with Gasteiger partial charge in [-0.1, -0.05) is 13.8 Å². The van der Waals surface area contributed by atoms with E-state index in [1.807, 2.05) is 6.92 Å². The number of hydrogen-bond donors (Lipinski definition) is 11. The quantitative estimate of drug-likeness (QED) is 0.0339. The topological polar surface area (TPSA) is 453 Å². The molecule has 12 atom stereocenters. The van der Waals surface area contributed by atoms with Crippen molar-refractivity contribution in [3.05, 3.63) is 80.6 Å². The molecule has 0 aliphatic carbocycles. The number of ether oxygens (including phenoxy) is 4. The van der Waals surface area contributed by atoms with Gasteiger partial charge in [0.25, 0.3) is 11.5 Å². The van der Waals surface area contributed by atoms with Crippen molar-refractivity contribution >= 4 is 56.9 Å². The minimum atomic E-state index is -5.27. The lowest BCUT2D eigenvalue weighted by atomic mass is 9.86. The first-order chi connectivity index (χ1) is 38.6. The summed E-state index contributed by atoms with van der Waals surface area (Å²) in [5.41, 5.74) is 5.83. The molecule has 2 aromatic heterocycles. The number of amides is 3. The van der Waals surface area contributed by atoms with Crippen molar-refractivity contribution in [1.82, 2.24) is 24.7 Å². The second kappa shape index (κ2) is 23.8. The van der Waals surface area contributed by atoms with E-state index in [4.69, 9.17) is 38.0 Å². The number of benzene rings is 2. The van der Waals surface area contributed by atoms with Crippen LogP contribution in [0.25, 0.3) is 22.3 Å². The number of hydrogen-bond acceptors (Lipinski definition) is 24. The molecule has 0 spiro atoms. The van der Waals surface area contributed by atoms with Gasteiger partial charge in [0.2, 0.25) is 18.1 Å². The van der Waals surface area contributed by atoms with Gasteiger partial charge in [0.1, 0.15) is 49.0 Å². The van der Waals surface area contributed by atoms with Gasteiger partial charge in [-0.3, -0.25) is 19.2 Å². The number of nitrogens with one attached hydrogen (secondary N) is 1. The van der Waals surface area contributed by atoms with Crippen LogP contribution in [-0.4, -0.2) is 204 Å². The van der Waals surface area contributed by atoms with Gasteiger partial charge in [-0.05, 0) is 73.7 Å². The second-order valence-corrected chi connectivity index (χ2v) is 21.1. The third kappa shape index (κ3) is 11.8. The maximum absolute atomic E-state index is 13.9. The summed E-state index contributed by atoms with van der Waals surface area (Å²) in [7, 11) is -2.55. The van der Waals surface area contributed by atoms with E-state index in [1.54, 1.807) is 13.0 Å². The van der Waals surface area contributed by atoms with E-state index in [0.717, 1.165) is 23.1 Å². The standard InChI is InChI=1S/C51H60N6O24S/c1-5-23-24-17-22(11-12-29(24)53-34-25(23)19-57-30(34)18-27-26(45(57)66)20-76-50(72)51(27,73)6-2)80-82(74,75)81-32-16-21(10-13-31(32)77-49-40(64)36(60)38(62)42(79-49)48(70)71)44(65)55(3)14-15-56(4)46(67)28(52)8-7-9-33(58)54-43-39(63)35(59)37(61)41(78-43)47(68)69/h10-13,16-18,28,35-43,49,59-64,73H,5-9,14-15,19-20,52H2,1-4H3,(H,54,58)(H,68,69)(H,70,71)/t28-,35-,36-,37-,38-,39+,40+,41-,42-,43-,49+,51-/m0/s1. The van der Waals surface area contributed by atoms with Gasteiger partial charge in [-0.2, -0.15) is 0 Å². The summed E-state index contributed by atoms with van der Waals surface area (Å²) < 4.78 is 61.2. The Hall–Kier alpha value is -7.43. The molecule has 0 radical (unpaired) electrons. The zero-order chi connectivity index (χ0) is 60.0. The van der Waals surface area contributed by atoms with Crippen molar-refractivity contribution in [1.29, 1.82) is 0 Å². The van der Waals surface area contributed by atoms with Crippen molar-refractivity contribution in [2.24, 2.45) is 5.73 Å². The number of rotatable bonds is 20. The van der Waals surface area contributed by atoms with Gasteiger partial charge >= 0.3 is 28.3 Å². The number of nitrogens with two attached hydrogens (primary N) is 1. The third-order valence-electron chi connectivity index (χ3n) is 14.7. The molecular formula is C51H60N6O24S. The molecule has 444 valence electrons. The Balaban J connectivity index is 0.969. The van der Waals surface area contributed by atoms with Crippen molar-refractivity contribution in [2.45, 2.75) is 132 Å². The molecule has 6 heterocycles. The first-order valence-corrected chi connectivity index (χ1v) is 26.9. The Morgan fingerprint density at radius 1 is 0.841 bits per heavy atom. The Bertz CT molecular complexity index is 3380. The van der Waals surface area contributed by atoms with Crippen molar-refractivity contribution in [3.8, 4) is 28.6 Å². The summed E-state index contributed by atoms with van der Waals surface area (Å²) in [5, 5.41) is 94.3. The number of esters is 1. The monoisotopic (exact) mass is 1170 g/mol. The van der Waals surface area contributed by atoms with Gasteiger partial charge in [0.15, 0.2) is 35.5 Å². The molecule has 2 saturated heterocycles. The maximum atomic E-state index is 13.9. The number of carbonyl (C=O) groups is 6. The van der Waals surface area contributed by atoms with Gasteiger partial charge in [0.05, 0.1) is 35.1 Å². The first-order valence-electron chi connectivity index (χ1n) is 25.6. The summed E-state index contributed by atoms with van der Waals surface area (Å²) in [5.74, 6) is -8.16. The lowest BCUT2D eigenvalue weighted by Crippen LogP contribution is -2.64. The summed E-state index contributed by atoms with van der Waals surface area (Å²) in [6.07, 6.45) is -20.0. The Morgan fingerprint density at radius 3 is 2.16 bits per heavy atom. The molecule has 30 nitrogen and oxygen atoms in total. The number of pyridine rings is 2. The number of aliphatic hydroxyl groups excluding tert-OH is 6. The average Bonchev–Trinajstić information content (AvgIpc) is 2.07. The number of aliphatic hydroxyl groups is 7. The predicted octanol–water partition coefficient (Wildman–Crippen LogP) is -3.35. The smallest absolute Gasteiger partial charge is 0.479 e. The van der Waals surface area contributed by atoms with Crippen LogP contribution in [-0.2, 0) is 73.8 Å². The van der Waals surface area contributed by atoms with Crippen LogP contribution in [0.1, 0.15) is 72.1 Å². The molecule has 4 aliphatic rings. The zero-order valence-corrected chi connectivity index (χ0v) is 45.0. The Morgan fingerprint density at radius 2 is 1.50 bits per heavy atom. The number of carbonyl (C=O) groups excluding carboxylic acids is 4. The number of fused-ring (bicyclic) bond motifs is 5. The van der Waals surface area contributed by atoms with E-state index in [9.17, 15) is 87.9 Å². The molecule has 3 amide bonds. The van der Waals surface area contributed by atoms with E-state index in [1.165, 1.54) is 41.8 Å². The van der Waals surface area contributed by atoms with E-state index in [-0.39, 0.29) is 74.4 Å². The molecule has 4 aliphatic heterocycles. The first kappa shape index (κ1) is 60.7. The highest BCUT2D eigenvalue weighted by Crippen LogP contribution is 2.42. The van der Waals surface area contributed by atoms with Gasteiger partial charge in [-0.15, -0.1) is 8.42 Å². The van der Waals surface area contributed by atoms with Crippen LogP contribution in [0.2, 0.25) is 0 Å². The number of likely N-dealkylation sites (N-methyl/N-ethyl adjacent to an activating group) is 2. The van der Waals surface area contributed by atoms with E-state index >= 15 is 0 Å². The average molecular weight is 1170 g/mol. The largest absolute Gasteiger partial charge is 0.501 e. The van der Waals surface area contributed by atoms with Crippen LogP contribution in [0.4, 0.5) is 0 Å². The molecule has 2 aromatic carbocycles. The normalized spacial score (nSPS) is 26.1. The fraction of sp³-hybridized carbons (Fsp3) is 0.490. The van der Waals surface area contributed by atoms with Gasteiger partial charge in [-0.25, -0.2) is 19.4 Å². The van der Waals surface area contributed by atoms with Crippen LogP contribution < -0.4 is 29.7 Å². The highest BCUT2D eigenvalue weighted by molar-refractivity contribution is 7.82. The van der Waals surface area contributed by atoms with E-state index in [2.05, 4.69) is 5.32 Å². The van der Waals surface area contributed by atoms with Gasteiger partial charge in [0, 0.05) is 55.7 Å². The summed E-state index contributed by atoms with van der Waals surface area (Å²) in [6.45, 7) is 2.81. The molecule has 2 fully saturated rings. The molecule has 12 N–H and O–H groups in total. The SMILES string of the molecule is CCc1c2c(nc3ccc(OS(=O)(=O)Oc4cc(C(=O)N(C)CCN(C)C(=O)[C@@H](N)CCCC(=O)N[C@H]5O[C@H](C(=O)O)[C@@H](O)[C@H](O)[C@H]5O)ccc4O[C@@H]4O[C@H](C(=O)O)[C@@H](O)[C@H](O)[C@H]4O)cc13)-c1cc3c(c(=O)n1C2)COC(=O)[C@]3(O)CC. The molecule has 0 bridgehead atoms. The van der Waals surface area contributed by atoms with Crippen LogP contribution in [0.15, 0.2) is 47.3 Å². The third-order valence-corrected chi connectivity index (χ3v) is 15.4. The lowest BCUT2D eigenvalue weighted by Gasteiger charge is -2.38. The molecule has 31 heteroatoms. The minimum Gasteiger partial charge on any atom is -0.479 e. The fourth-order valence-electron chi connectivity index (χ4n) is 9.97. The van der Waals surface area contributed by atoms with Gasteiger partial charge < -0.3 is 98.7 Å². The summed E-state index contributed by atoms with van der Waals surface area (Å²) >= 11 is 0. The lowest BCUT2D eigenvalue weighted by molar-refractivity contribution is -0.271. The van der Waals surface area contributed by atoms with E-state index in [0.29, 0.717) is 39.8 Å². The molecule has 8 rings (SSSR count). The number of aliphatic carboxylic acids is 2. The Kier molecular flexibility index (Phi) is 17.6. The molecular weight excluding hydrogens is 1110 g/mol. The van der Waals surface area contributed by atoms with Crippen LogP contribution in [0, 0.1) is 0 Å².